The molecule has 2 aromatic carbocycles. The van der Waals surface area contributed by atoms with Crippen LogP contribution >= 0.6 is 0 Å². The normalized spacial score (nSPS) is 10.4. The van der Waals surface area contributed by atoms with Gasteiger partial charge in [-0.1, -0.05) is 38.8 Å². The van der Waals surface area contributed by atoms with Crippen LogP contribution in [0.1, 0.15) is 65.8 Å². The van der Waals surface area contributed by atoms with Crippen LogP contribution in [0.15, 0.2) is 48.5 Å². The van der Waals surface area contributed by atoms with Gasteiger partial charge in [-0.25, -0.2) is 4.79 Å². The lowest BCUT2D eigenvalue weighted by molar-refractivity contribution is 0.0499. The number of amides is 1. The molecule has 4 heteroatoms. The number of hydrogen-bond donors (Lipinski definition) is 1. The smallest absolute Gasteiger partial charge is 0.338 e. The van der Waals surface area contributed by atoms with E-state index in [2.05, 4.69) is 12.2 Å². The highest BCUT2D eigenvalue weighted by molar-refractivity contribution is 6.04. The van der Waals surface area contributed by atoms with Gasteiger partial charge >= 0.3 is 5.97 Å². The average Bonchev–Trinajstić information content (AvgIpc) is 2.67. The molecule has 0 spiro atoms. The van der Waals surface area contributed by atoms with E-state index in [1.54, 1.807) is 24.3 Å². The van der Waals surface area contributed by atoms with E-state index in [1.807, 2.05) is 31.2 Å². The number of anilines is 1. The SMILES string of the molecule is CCCCOC(=O)c1ccc(NC(=O)c2ccc(CCCC)cc2)cc1. The highest BCUT2D eigenvalue weighted by atomic mass is 16.5. The molecule has 26 heavy (non-hydrogen) atoms. The minimum atomic E-state index is -0.334. The molecule has 2 rings (SSSR count). The topological polar surface area (TPSA) is 55.4 Å². The van der Waals surface area contributed by atoms with Gasteiger partial charge in [0.1, 0.15) is 0 Å². The molecule has 0 saturated heterocycles. The summed E-state index contributed by atoms with van der Waals surface area (Å²) in [5, 5.41) is 2.85. The molecule has 0 radical (unpaired) electrons. The second kappa shape index (κ2) is 10.4. The second-order valence-corrected chi connectivity index (χ2v) is 6.32. The van der Waals surface area contributed by atoms with E-state index in [4.69, 9.17) is 4.74 Å². The van der Waals surface area contributed by atoms with E-state index in [0.29, 0.717) is 23.4 Å². The lowest BCUT2D eigenvalue weighted by Gasteiger charge is -2.08. The van der Waals surface area contributed by atoms with Gasteiger partial charge < -0.3 is 10.1 Å². The molecule has 0 atom stereocenters. The van der Waals surface area contributed by atoms with Crippen molar-refractivity contribution in [2.45, 2.75) is 46.0 Å². The summed E-state index contributed by atoms with van der Waals surface area (Å²) in [7, 11) is 0. The number of benzene rings is 2. The highest BCUT2D eigenvalue weighted by Gasteiger charge is 2.09. The van der Waals surface area contributed by atoms with Crippen molar-refractivity contribution >= 4 is 17.6 Å². The Balaban J connectivity index is 1.91. The average molecular weight is 353 g/mol. The van der Waals surface area contributed by atoms with E-state index in [9.17, 15) is 9.59 Å². The zero-order valence-corrected chi connectivity index (χ0v) is 15.6. The first-order valence-electron chi connectivity index (χ1n) is 9.31. The number of unbranched alkanes of at least 4 members (excludes halogenated alkanes) is 2. The number of nitrogens with one attached hydrogen (secondary N) is 1. The molecule has 0 bridgehead atoms. The number of carbonyl (C=O) groups is 2. The standard InChI is InChI=1S/C22H27NO3/c1-3-5-7-17-8-10-18(11-9-17)21(24)23-20-14-12-19(13-15-20)22(25)26-16-6-4-2/h8-15H,3-7,16H2,1-2H3,(H,23,24). The van der Waals surface area contributed by atoms with Gasteiger partial charge in [-0.15, -0.1) is 0 Å². The van der Waals surface area contributed by atoms with Crippen LogP contribution in [-0.2, 0) is 11.2 Å². The zero-order valence-electron chi connectivity index (χ0n) is 15.6. The van der Waals surface area contributed by atoms with Crippen molar-refractivity contribution in [1.82, 2.24) is 0 Å². The van der Waals surface area contributed by atoms with Crippen LogP contribution in [0.4, 0.5) is 5.69 Å². The number of ether oxygens (including phenoxy) is 1. The minimum absolute atomic E-state index is 0.162. The van der Waals surface area contributed by atoms with Gasteiger partial charge in [0.05, 0.1) is 12.2 Å². The number of rotatable bonds is 9. The van der Waals surface area contributed by atoms with E-state index < -0.39 is 0 Å². The Morgan fingerprint density at radius 1 is 0.846 bits per heavy atom. The van der Waals surface area contributed by atoms with Gasteiger partial charge in [-0.3, -0.25) is 4.79 Å². The van der Waals surface area contributed by atoms with Crippen molar-refractivity contribution < 1.29 is 14.3 Å². The molecule has 4 nitrogen and oxygen atoms in total. The summed E-state index contributed by atoms with van der Waals surface area (Å²) in [5.74, 6) is -0.496. The molecule has 1 N–H and O–H groups in total. The molecule has 0 aliphatic heterocycles. The summed E-state index contributed by atoms with van der Waals surface area (Å²) < 4.78 is 5.17. The third-order valence-corrected chi connectivity index (χ3v) is 4.14. The summed E-state index contributed by atoms with van der Waals surface area (Å²) in [6.07, 6.45) is 5.19. The van der Waals surface area contributed by atoms with Crippen molar-refractivity contribution in [3.05, 3.63) is 65.2 Å². The fourth-order valence-corrected chi connectivity index (χ4v) is 2.49. The van der Waals surface area contributed by atoms with Crippen LogP contribution in [0, 0.1) is 0 Å². The maximum atomic E-state index is 12.3. The largest absolute Gasteiger partial charge is 0.462 e. The first kappa shape index (κ1) is 19.7. The lowest BCUT2D eigenvalue weighted by Crippen LogP contribution is -2.12. The molecule has 0 unspecified atom stereocenters. The Bertz CT molecular complexity index is 705. The van der Waals surface area contributed by atoms with Gasteiger partial charge in [0.15, 0.2) is 0 Å². The Morgan fingerprint density at radius 3 is 2.08 bits per heavy atom. The first-order chi connectivity index (χ1) is 12.6. The monoisotopic (exact) mass is 353 g/mol. The van der Waals surface area contributed by atoms with Crippen molar-refractivity contribution in [2.24, 2.45) is 0 Å². The fourth-order valence-electron chi connectivity index (χ4n) is 2.49. The van der Waals surface area contributed by atoms with E-state index in [0.717, 1.165) is 32.1 Å². The third-order valence-electron chi connectivity index (χ3n) is 4.14. The fraction of sp³-hybridized carbons (Fsp3) is 0.364. The maximum Gasteiger partial charge on any atom is 0.338 e. The summed E-state index contributed by atoms with van der Waals surface area (Å²) in [6, 6.07) is 14.4. The van der Waals surface area contributed by atoms with Gasteiger partial charge in [0.2, 0.25) is 0 Å². The van der Waals surface area contributed by atoms with Crippen LogP contribution < -0.4 is 5.32 Å². The number of hydrogen-bond acceptors (Lipinski definition) is 3. The molecule has 2 aromatic rings. The zero-order chi connectivity index (χ0) is 18.8. The van der Waals surface area contributed by atoms with Crippen molar-refractivity contribution in [3.8, 4) is 0 Å². The third kappa shape index (κ3) is 6.03. The Kier molecular flexibility index (Phi) is 7.87. The Labute approximate surface area is 155 Å². The number of aryl methyl sites for hydroxylation is 1. The minimum Gasteiger partial charge on any atom is -0.462 e. The molecule has 0 saturated carbocycles. The maximum absolute atomic E-state index is 12.3. The van der Waals surface area contributed by atoms with Crippen molar-refractivity contribution in [3.63, 3.8) is 0 Å². The molecule has 0 aliphatic rings. The molecular formula is C22H27NO3. The van der Waals surface area contributed by atoms with Gasteiger partial charge in [-0.05, 0) is 61.2 Å². The van der Waals surface area contributed by atoms with Crippen molar-refractivity contribution in [1.29, 1.82) is 0 Å². The van der Waals surface area contributed by atoms with Gasteiger partial charge in [-0.2, -0.15) is 0 Å². The van der Waals surface area contributed by atoms with Crippen LogP contribution in [0.5, 0.6) is 0 Å². The van der Waals surface area contributed by atoms with Crippen LogP contribution in [0.25, 0.3) is 0 Å². The van der Waals surface area contributed by atoms with Crippen molar-refractivity contribution in [2.75, 3.05) is 11.9 Å². The predicted octanol–water partition coefficient (Wildman–Crippen LogP) is 5.24. The summed E-state index contributed by atoms with van der Waals surface area (Å²) in [6.45, 7) is 4.64. The van der Waals surface area contributed by atoms with Gasteiger partial charge in [0, 0.05) is 11.3 Å². The van der Waals surface area contributed by atoms with Crippen LogP contribution in [-0.4, -0.2) is 18.5 Å². The highest BCUT2D eigenvalue weighted by Crippen LogP contribution is 2.14. The molecule has 0 aromatic heterocycles. The summed E-state index contributed by atoms with van der Waals surface area (Å²) in [4.78, 5) is 24.2. The van der Waals surface area contributed by atoms with E-state index in [1.165, 1.54) is 5.56 Å². The van der Waals surface area contributed by atoms with Gasteiger partial charge in [0.25, 0.3) is 5.91 Å². The number of carbonyl (C=O) groups excluding carboxylic acids is 2. The second-order valence-electron chi connectivity index (χ2n) is 6.32. The molecule has 0 heterocycles. The number of esters is 1. The lowest BCUT2D eigenvalue weighted by atomic mass is 10.1. The van der Waals surface area contributed by atoms with Crippen LogP contribution in [0.3, 0.4) is 0 Å². The molecule has 1 amide bonds. The van der Waals surface area contributed by atoms with E-state index >= 15 is 0 Å². The Hall–Kier alpha value is -2.62. The predicted molar refractivity (Wildman–Crippen MR) is 105 cm³/mol. The summed E-state index contributed by atoms with van der Waals surface area (Å²) >= 11 is 0. The first-order valence-corrected chi connectivity index (χ1v) is 9.31. The molecule has 138 valence electrons. The van der Waals surface area contributed by atoms with Crippen LogP contribution in [0.2, 0.25) is 0 Å². The summed E-state index contributed by atoms with van der Waals surface area (Å²) in [5.41, 5.74) is 3.00. The van der Waals surface area contributed by atoms with E-state index in [-0.39, 0.29) is 11.9 Å². The molecule has 0 aliphatic carbocycles. The quantitative estimate of drug-likeness (QED) is 0.495. The molecule has 0 fully saturated rings. The Morgan fingerprint density at radius 2 is 1.46 bits per heavy atom. The molecular weight excluding hydrogens is 326 g/mol.